The van der Waals surface area contributed by atoms with Crippen molar-refractivity contribution in [3.63, 3.8) is 0 Å². The Morgan fingerprint density at radius 2 is 1.86 bits per heavy atom. The van der Waals surface area contributed by atoms with Crippen LogP contribution in [0.4, 0.5) is 5.69 Å². The van der Waals surface area contributed by atoms with Crippen molar-refractivity contribution in [2.75, 3.05) is 0 Å². The highest BCUT2D eigenvalue weighted by Crippen LogP contribution is 2.44. The van der Waals surface area contributed by atoms with Gasteiger partial charge in [-0.25, -0.2) is 9.41 Å². The zero-order chi connectivity index (χ0) is 20.0. The molecule has 0 saturated heterocycles. The van der Waals surface area contributed by atoms with Gasteiger partial charge in [0.1, 0.15) is 18.2 Å². The van der Waals surface area contributed by atoms with Crippen molar-refractivity contribution in [2.24, 2.45) is 7.05 Å². The number of nitrogens with zero attached hydrogens (tertiary/aromatic N) is 2. The van der Waals surface area contributed by atoms with Crippen LogP contribution in [0.15, 0.2) is 53.1 Å². The quantitative estimate of drug-likeness (QED) is 0.271. The third-order valence-corrected chi connectivity index (χ3v) is 6.46. The van der Waals surface area contributed by atoms with E-state index in [0.717, 1.165) is 33.2 Å². The predicted molar refractivity (Wildman–Crippen MR) is 117 cm³/mol. The fraction of sp³-hybridized carbons (Fsp3) is 0.308. The van der Waals surface area contributed by atoms with Crippen molar-refractivity contribution >= 4 is 27.6 Å². The van der Waals surface area contributed by atoms with E-state index in [9.17, 15) is 0 Å². The third kappa shape index (κ3) is 2.91. The summed E-state index contributed by atoms with van der Waals surface area (Å²) in [6.45, 7) is 10.0. The minimum absolute atomic E-state index is 0.609. The lowest BCUT2D eigenvalue weighted by molar-refractivity contribution is -0.660. The molecule has 0 unspecified atom stereocenters. The van der Waals surface area contributed by atoms with Crippen LogP contribution in [0.25, 0.3) is 38.0 Å². The Balaban J connectivity index is 1.75. The molecule has 0 N–H and O–H groups in total. The molecule has 0 aliphatic heterocycles. The van der Waals surface area contributed by atoms with Gasteiger partial charge in [0.25, 0.3) is 0 Å². The molecule has 1 fully saturated rings. The molecule has 144 valence electrons. The Bertz CT molecular complexity index is 1270. The predicted octanol–water partition coefficient (Wildman–Crippen LogP) is 6.98. The van der Waals surface area contributed by atoms with Crippen LogP contribution in [-0.4, -0.2) is 0 Å². The van der Waals surface area contributed by atoms with Crippen LogP contribution in [0.3, 0.4) is 0 Å². The molecule has 1 aliphatic carbocycles. The normalized spacial score (nSPS) is 15.1. The highest BCUT2D eigenvalue weighted by atomic mass is 16.3. The molecular formula is C26H25N2O+. The number of rotatable bonds is 2. The Labute approximate surface area is 171 Å². The van der Waals surface area contributed by atoms with Gasteiger partial charge in [-0.2, -0.15) is 0 Å². The van der Waals surface area contributed by atoms with Crippen molar-refractivity contribution in [1.29, 1.82) is 0 Å². The van der Waals surface area contributed by atoms with Gasteiger partial charge in [0.15, 0.2) is 6.20 Å². The maximum Gasteiger partial charge on any atom is 0.243 e. The second-order valence-corrected chi connectivity index (χ2v) is 8.29. The summed E-state index contributed by atoms with van der Waals surface area (Å²) in [4.78, 5) is 3.93. The van der Waals surface area contributed by atoms with E-state index in [-0.39, 0.29) is 0 Å². The molecule has 3 nitrogen and oxygen atoms in total. The fourth-order valence-electron chi connectivity index (χ4n) is 4.95. The summed E-state index contributed by atoms with van der Waals surface area (Å²) in [5.74, 6) is 0.655. The van der Waals surface area contributed by atoms with Crippen molar-refractivity contribution < 1.29 is 8.98 Å². The molecule has 4 aromatic rings. The molecule has 0 amide bonds. The van der Waals surface area contributed by atoms with Crippen LogP contribution in [0.5, 0.6) is 0 Å². The van der Waals surface area contributed by atoms with Crippen LogP contribution in [-0.2, 0) is 7.05 Å². The van der Waals surface area contributed by atoms with Crippen molar-refractivity contribution in [3.05, 3.63) is 71.2 Å². The zero-order valence-corrected chi connectivity index (χ0v) is 17.0. The number of hydrogen-bond acceptors (Lipinski definition) is 1. The molecule has 3 heteroatoms. The number of pyridine rings is 1. The van der Waals surface area contributed by atoms with Crippen LogP contribution >= 0.6 is 0 Å². The summed E-state index contributed by atoms with van der Waals surface area (Å²) in [7, 11) is 2.02. The van der Waals surface area contributed by atoms with Crippen LogP contribution < -0.4 is 4.57 Å². The average Bonchev–Trinajstić information content (AvgIpc) is 3.11. The first kappa shape index (κ1) is 17.9. The molecule has 1 aliphatic rings. The molecule has 2 aromatic heterocycles. The van der Waals surface area contributed by atoms with Crippen molar-refractivity contribution in [2.45, 2.75) is 44.9 Å². The van der Waals surface area contributed by atoms with E-state index in [1.54, 1.807) is 0 Å². The van der Waals surface area contributed by atoms with Gasteiger partial charge in [0.05, 0.1) is 12.1 Å². The number of fused-ring (bicyclic) bond motifs is 3. The second kappa shape index (κ2) is 7.04. The van der Waals surface area contributed by atoms with Crippen LogP contribution in [0.1, 0.15) is 49.1 Å². The van der Waals surface area contributed by atoms with E-state index >= 15 is 0 Å². The molecule has 2 aromatic carbocycles. The Hall–Kier alpha value is -3.12. The first-order valence-electron chi connectivity index (χ1n) is 10.5. The van der Waals surface area contributed by atoms with Gasteiger partial charge in [-0.15, -0.1) is 0 Å². The Kier molecular flexibility index (Phi) is 4.36. The van der Waals surface area contributed by atoms with E-state index in [1.165, 1.54) is 37.7 Å². The van der Waals surface area contributed by atoms with Gasteiger partial charge >= 0.3 is 0 Å². The van der Waals surface area contributed by atoms with Crippen molar-refractivity contribution in [3.8, 4) is 11.3 Å². The van der Waals surface area contributed by atoms with E-state index in [0.29, 0.717) is 17.2 Å². The van der Waals surface area contributed by atoms with Crippen LogP contribution in [0, 0.1) is 13.5 Å². The monoisotopic (exact) mass is 381 g/mol. The molecule has 0 bridgehead atoms. The number of benzene rings is 2. The van der Waals surface area contributed by atoms with Gasteiger partial charge in [0.2, 0.25) is 11.4 Å². The summed E-state index contributed by atoms with van der Waals surface area (Å²) < 4.78 is 8.31. The van der Waals surface area contributed by atoms with Crippen LogP contribution in [0.2, 0.25) is 0 Å². The van der Waals surface area contributed by atoms with E-state index in [2.05, 4.69) is 46.7 Å². The molecule has 2 heterocycles. The van der Waals surface area contributed by atoms with Gasteiger partial charge in [-0.1, -0.05) is 25.3 Å². The summed E-state index contributed by atoms with van der Waals surface area (Å²) in [6.07, 6.45) is 8.59. The first-order valence-corrected chi connectivity index (χ1v) is 10.5. The lowest BCUT2D eigenvalue weighted by Gasteiger charge is -2.21. The summed E-state index contributed by atoms with van der Waals surface area (Å²) >= 11 is 0. The minimum Gasteiger partial charge on any atom is -0.467 e. The number of aromatic nitrogens is 1. The maximum atomic E-state index is 7.91. The van der Waals surface area contributed by atoms with E-state index < -0.39 is 0 Å². The molecular weight excluding hydrogens is 356 g/mol. The maximum absolute atomic E-state index is 7.91. The SMILES string of the molecule is [C-]#[N+]c1c(-c2cccc[n+]2C)c(C)cc2c1oc1ccc(C3CCCCC3)cc12. The number of hydrogen-bond donors (Lipinski definition) is 0. The lowest BCUT2D eigenvalue weighted by Crippen LogP contribution is -2.30. The number of furan rings is 1. The zero-order valence-electron chi connectivity index (χ0n) is 17.0. The highest BCUT2D eigenvalue weighted by molar-refractivity contribution is 6.12. The van der Waals surface area contributed by atoms with Gasteiger partial charge in [-0.3, -0.25) is 0 Å². The molecule has 0 atom stereocenters. The minimum atomic E-state index is 0.609. The summed E-state index contributed by atoms with van der Waals surface area (Å²) in [6, 6.07) is 14.9. The third-order valence-electron chi connectivity index (χ3n) is 6.46. The van der Waals surface area contributed by atoms with E-state index in [1.807, 2.05) is 25.4 Å². The molecule has 29 heavy (non-hydrogen) atoms. The smallest absolute Gasteiger partial charge is 0.243 e. The lowest BCUT2D eigenvalue weighted by atomic mass is 9.83. The van der Waals surface area contributed by atoms with Gasteiger partial charge in [0, 0.05) is 22.9 Å². The second-order valence-electron chi connectivity index (χ2n) is 8.29. The molecule has 1 saturated carbocycles. The van der Waals surface area contributed by atoms with Gasteiger partial charge < -0.3 is 4.42 Å². The van der Waals surface area contributed by atoms with E-state index in [4.69, 9.17) is 11.0 Å². The summed E-state index contributed by atoms with van der Waals surface area (Å²) in [5.41, 5.74) is 6.70. The molecule has 0 spiro atoms. The fourth-order valence-corrected chi connectivity index (χ4v) is 4.95. The molecule has 5 rings (SSSR count). The molecule has 0 radical (unpaired) electrons. The standard InChI is InChI=1S/C26H25N2O/c1-17-15-21-20-16-19(18-9-5-4-6-10-18)12-13-23(20)29-26(21)25(27-2)24(17)22-11-7-8-14-28(22)3/h7-8,11-16,18H,4-6,9-10H2,1,3H3/q+1. The first-order chi connectivity index (χ1) is 14.2. The summed E-state index contributed by atoms with van der Waals surface area (Å²) in [5, 5.41) is 2.20. The average molecular weight is 381 g/mol. The largest absolute Gasteiger partial charge is 0.467 e. The van der Waals surface area contributed by atoms with Crippen molar-refractivity contribution in [1.82, 2.24) is 0 Å². The highest BCUT2D eigenvalue weighted by Gasteiger charge is 2.24. The Morgan fingerprint density at radius 1 is 1.03 bits per heavy atom. The van der Waals surface area contributed by atoms with Gasteiger partial charge in [-0.05, 0) is 61.1 Å². The number of aryl methyl sites for hydroxylation is 2. The topological polar surface area (TPSA) is 21.4 Å². The Morgan fingerprint density at radius 3 is 2.62 bits per heavy atom.